The van der Waals surface area contributed by atoms with Crippen LogP contribution in [-0.2, 0) is 0 Å². The molecule has 0 bridgehead atoms. The van der Waals surface area contributed by atoms with Gasteiger partial charge in [-0.2, -0.15) is 0 Å². The molecule has 0 radical (unpaired) electrons. The van der Waals surface area contributed by atoms with Gasteiger partial charge in [-0.05, 0) is 49.6 Å². The molecule has 0 aliphatic carbocycles. The normalized spacial score (nSPS) is 19.9. The van der Waals surface area contributed by atoms with Crippen LogP contribution in [0.2, 0.25) is 0 Å². The van der Waals surface area contributed by atoms with E-state index in [9.17, 15) is 9.59 Å². The molecule has 1 aromatic carbocycles. The molecule has 1 N–H and O–H groups in total. The molecule has 2 amide bonds. The molecule has 3 heterocycles. The zero-order chi connectivity index (χ0) is 17.2. The van der Waals surface area contributed by atoms with Crippen LogP contribution in [0.15, 0.2) is 41.0 Å². The Hall–Kier alpha value is -2.76. The number of piperidine rings is 1. The predicted molar refractivity (Wildman–Crippen MR) is 91.9 cm³/mol. The minimum absolute atomic E-state index is 0.0199. The molecule has 2 aliphatic heterocycles. The third kappa shape index (κ3) is 3.12. The van der Waals surface area contributed by atoms with Crippen molar-refractivity contribution in [1.29, 1.82) is 0 Å². The number of benzene rings is 1. The fraction of sp³-hybridized carbons (Fsp3) is 0.368. The third-order valence-corrected chi connectivity index (χ3v) is 4.81. The highest BCUT2D eigenvalue weighted by Crippen LogP contribution is 2.31. The maximum Gasteiger partial charge on any atom is 0.291 e. The first-order chi connectivity index (χ1) is 12.2. The summed E-state index contributed by atoms with van der Waals surface area (Å²) in [7, 11) is 0. The Morgan fingerprint density at radius 2 is 2.12 bits per heavy atom. The van der Waals surface area contributed by atoms with Crippen LogP contribution >= 0.6 is 0 Å². The van der Waals surface area contributed by atoms with Crippen molar-refractivity contribution in [2.45, 2.75) is 31.7 Å². The summed E-state index contributed by atoms with van der Waals surface area (Å²) >= 11 is 0. The number of carbonyl (C=O) groups excluding carboxylic acids is 2. The van der Waals surface area contributed by atoms with Crippen molar-refractivity contribution in [1.82, 2.24) is 4.90 Å². The molecule has 6 nitrogen and oxygen atoms in total. The Balaban J connectivity index is 1.61. The Bertz CT molecular complexity index is 785. The summed E-state index contributed by atoms with van der Waals surface area (Å²) in [4.78, 5) is 27.1. The number of ether oxygens (including phenoxy) is 1. The Kier molecular flexibility index (Phi) is 4.17. The van der Waals surface area contributed by atoms with E-state index in [0.717, 1.165) is 32.2 Å². The average Bonchev–Trinajstić information content (AvgIpc) is 3.16. The van der Waals surface area contributed by atoms with Crippen LogP contribution < -0.4 is 10.1 Å². The number of anilines is 1. The predicted octanol–water partition coefficient (Wildman–Crippen LogP) is 3.31. The van der Waals surface area contributed by atoms with Crippen LogP contribution in [0.4, 0.5) is 5.69 Å². The number of rotatable bonds is 2. The van der Waals surface area contributed by atoms with Crippen LogP contribution in [0.25, 0.3) is 0 Å². The first-order valence-corrected chi connectivity index (χ1v) is 8.65. The van der Waals surface area contributed by atoms with Crippen LogP contribution in [0, 0.1) is 0 Å². The lowest BCUT2D eigenvalue weighted by Gasteiger charge is -2.37. The second kappa shape index (κ2) is 6.63. The molecule has 1 atom stereocenters. The van der Waals surface area contributed by atoms with E-state index in [4.69, 9.17) is 9.15 Å². The van der Waals surface area contributed by atoms with Gasteiger partial charge in [0.1, 0.15) is 5.75 Å². The van der Waals surface area contributed by atoms with Gasteiger partial charge in [0, 0.05) is 24.7 Å². The molecular weight excluding hydrogens is 320 g/mol. The smallest absolute Gasteiger partial charge is 0.291 e. The van der Waals surface area contributed by atoms with E-state index >= 15 is 0 Å². The number of fused-ring (bicyclic) bond motifs is 2. The zero-order valence-corrected chi connectivity index (χ0v) is 13.9. The van der Waals surface area contributed by atoms with E-state index in [2.05, 4.69) is 5.32 Å². The lowest BCUT2D eigenvalue weighted by molar-refractivity contribution is 0.0548. The summed E-state index contributed by atoms with van der Waals surface area (Å²) in [5, 5.41) is 2.76. The van der Waals surface area contributed by atoms with Crippen molar-refractivity contribution in [3.05, 3.63) is 47.9 Å². The molecule has 1 saturated heterocycles. The molecule has 6 heteroatoms. The van der Waals surface area contributed by atoms with Crippen LogP contribution in [0.5, 0.6) is 5.75 Å². The fourth-order valence-electron chi connectivity index (χ4n) is 3.53. The molecule has 0 unspecified atom stereocenters. The molecule has 2 aromatic rings. The van der Waals surface area contributed by atoms with Crippen LogP contribution in [-0.4, -0.2) is 35.9 Å². The topological polar surface area (TPSA) is 71.8 Å². The summed E-state index contributed by atoms with van der Waals surface area (Å²) in [5.41, 5.74) is 1.05. The lowest BCUT2D eigenvalue weighted by atomic mass is 9.97. The van der Waals surface area contributed by atoms with Gasteiger partial charge in [0.05, 0.1) is 18.4 Å². The Morgan fingerprint density at radius 1 is 1.20 bits per heavy atom. The average molecular weight is 340 g/mol. The Labute approximate surface area is 145 Å². The monoisotopic (exact) mass is 340 g/mol. The van der Waals surface area contributed by atoms with Crippen molar-refractivity contribution >= 4 is 17.5 Å². The molecule has 1 fully saturated rings. The van der Waals surface area contributed by atoms with Gasteiger partial charge in [-0.1, -0.05) is 0 Å². The molecule has 0 saturated carbocycles. The molecule has 4 rings (SSSR count). The summed E-state index contributed by atoms with van der Waals surface area (Å²) in [6, 6.07) is 8.67. The van der Waals surface area contributed by atoms with Crippen molar-refractivity contribution in [2.24, 2.45) is 0 Å². The minimum Gasteiger partial charge on any atom is -0.493 e. The molecule has 1 aromatic heterocycles. The molecule has 130 valence electrons. The highest BCUT2D eigenvalue weighted by molar-refractivity contribution is 6.04. The van der Waals surface area contributed by atoms with E-state index < -0.39 is 0 Å². The van der Waals surface area contributed by atoms with E-state index in [0.29, 0.717) is 23.6 Å². The van der Waals surface area contributed by atoms with E-state index in [-0.39, 0.29) is 23.6 Å². The maximum atomic E-state index is 13.0. The number of hydrogen-bond acceptors (Lipinski definition) is 4. The lowest BCUT2D eigenvalue weighted by Crippen LogP contribution is -2.45. The largest absolute Gasteiger partial charge is 0.493 e. The van der Waals surface area contributed by atoms with Crippen LogP contribution in [0.3, 0.4) is 0 Å². The van der Waals surface area contributed by atoms with Gasteiger partial charge in [0.25, 0.3) is 11.8 Å². The van der Waals surface area contributed by atoms with Crippen LogP contribution in [0.1, 0.15) is 46.6 Å². The van der Waals surface area contributed by atoms with E-state index in [1.54, 1.807) is 30.3 Å². The van der Waals surface area contributed by atoms with Gasteiger partial charge in [0.15, 0.2) is 5.76 Å². The maximum absolute atomic E-state index is 13.0. The summed E-state index contributed by atoms with van der Waals surface area (Å²) in [5.74, 6) is 0.434. The highest BCUT2D eigenvalue weighted by Gasteiger charge is 2.31. The number of carbonyl (C=O) groups is 2. The standard InChI is InChI=1S/C19H20N2O4/c22-18(17-5-3-10-24-17)20-13-6-7-16-15(12-13)19(23)21-9-2-1-4-14(21)8-11-25-16/h3,5-7,10,12,14H,1-2,4,8-9,11H2,(H,20,22)/t14-/m0/s1. The Morgan fingerprint density at radius 3 is 2.96 bits per heavy atom. The van der Waals surface area contributed by atoms with E-state index in [1.165, 1.54) is 6.26 Å². The van der Waals surface area contributed by atoms with Gasteiger partial charge in [-0.15, -0.1) is 0 Å². The molecular formula is C19H20N2O4. The van der Waals surface area contributed by atoms with Gasteiger partial charge >= 0.3 is 0 Å². The van der Waals surface area contributed by atoms with E-state index in [1.807, 2.05) is 4.90 Å². The minimum atomic E-state index is -0.347. The fourth-order valence-corrected chi connectivity index (χ4v) is 3.53. The summed E-state index contributed by atoms with van der Waals surface area (Å²) < 4.78 is 10.9. The van der Waals surface area contributed by atoms with Crippen molar-refractivity contribution in [3.63, 3.8) is 0 Å². The molecule has 25 heavy (non-hydrogen) atoms. The zero-order valence-electron chi connectivity index (χ0n) is 13.9. The van der Waals surface area contributed by atoms with Gasteiger partial charge in [0.2, 0.25) is 0 Å². The first-order valence-electron chi connectivity index (χ1n) is 8.65. The SMILES string of the molecule is O=C(Nc1ccc2c(c1)C(=O)N1CCCC[C@H]1CCO2)c1ccco1. The number of amides is 2. The number of hydrogen-bond donors (Lipinski definition) is 1. The third-order valence-electron chi connectivity index (χ3n) is 4.81. The van der Waals surface area contributed by atoms with Gasteiger partial charge < -0.3 is 19.4 Å². The number of furan rings is 1. The van der Waals surface area contributed by atoms with Gasteiger partial charge in [-0.25, -0.2) is 0 Å². The van der Waals surface area contributed by atoms with Crippen molar-refractivity contribution in [3.8, 4) is 5.75 Å². The highest BCUT2D eigenvalue weighted by atomic mass is 16.5. The van der Waals surface area contributed by atoms with Crippen molar-refractivity contribution in [2.75, 3.05) is 18.5 Å². The number of nitrogens with one attached hydrogen (secondary N) is 1. The first kappa shape index (κ1) is 15.7. The number of nitrogens with zero attached hydrogens (tertiary/aromatic N) is 1. The second-order valence-corrected chi connectivity index (χ2v) is 6.43. The summed E-state index contributed by atoms with van der Waals surface area (Å²) in [6.07, 6.45) is 5.53. The summed E-state index contributed by atoms with van der Waals surface area (Å²) in [6.45, 7) is 1.38. The quantitative estimate of drug-likeness (QED) is 0.910. The molecule has 2 aliphatic rings. The van der Waals surface area contributed by atoms with Crippen molar-refractivity contribution < 1.29 is 18.7 Å². The second-order valence-electron chi connectivity index (χ2n) is 6.43. The molecule has 0 spiro atoms. The van der Waals surface area contributed by atoms with Gasteiger partial charge in [-0.3, -0.25) is 9.59 Å².